The maximum absolute atomic E-state index is 12.5. The Bertz CT molecular complexity index is 596. The van der Waals surface area contributed by atoms with Crippen molar-refractivity contribution < 1.29 is 35.8 Å². The van der Waals surface area contributed by atoms with Crippen LogP contribution in [-0.4, -0.2) is 46.8 Å². The highest BCUT2D eigenvalue weighted by molar-refractivity contribution is 5.84. The Morgan fingerprint density at radius 3 is 2.05 bits per heavy atom. The standard InChI is InChI=1S/C15H27NO6/c1-14(2,3)21-12(19)11(8-7-10(18)9-17)16-13(20)22-15(4,5)6/h11,17H,7-9H2,1-6H3,(H,16,20)/t11-/m0/s1/i7D2,8D2,11D. The van der Waals surface area contributed by atoms with Crippen LogP contribution in [-0.2, 0) is 19.1 Å². The number of alkyl carbamates (subject to hydrolysis) is 1. The highest BCUT2D eigenvalue weighted by Gasteiger charge is 2.28. The number of carbonyl (C=O) groups excluding carboxylic acids is 3. The van der Waals surface area contributed by atoms with Crippen molar-refractivity contribution in [3.05, 3.63) is 0 Å². The van der Waals surface area contributed by atoms with Gasteiger partial charge in [-0.15, -0.1) is 0 Å². The van der Waals surface area contributed by atoms with Gasteiger partial charge in [-0.3, -0.25) is 4.79 Å². The van der Waals surface area contributed by atoms with Crippen molar-refractivity contribution in [2.75, 3.05) is 6.61 Å². The normalized spacial score (nSPS) is 19.3. The Morgan fingerprint density at radius 2 is 1.64 bits per heavy atom. The molecule has 0 aliphatic carbocycles. The lowest BCUT2D eigenvalue weighted by Crippen LogP contribution is -2.46. The van der Waals surface area contributed by atoms with Crippen molar-refractivity contribution in [3.8, 4) is 0 Å². The molecule has 0 aliphatic heterocycles. The minimum atomic E-state index is -3.63. The fourth-order valence-corrected chi connectivity index (χ4v) is 1.04. The molecule has 0 fully saturated rings. The lowest BCUT2D eigenvalue weighted by Gasteiger charge is -2.26. The van der Waals surface area contributed by atoms with Gasteiger partial charge in [0, 0.05) is 11.9 Å². The summed E-state index contributed by atoms with van der Waals surface area (Å²) in [6.45, 7) is 7.33. The molecule has 1 atom stereocenters. The minimum Gasteiger partial charge on any atom is -0.458 e. The SMILES string of the molecule is [2H]C([2H])(C(=O)CO)C([2H])([2H])[C@]([2H])(NC(=O)OC(C)(C)C)C(=O)OC(C)(C)C. The number of aliphatic hydroxyl groups is 1. The van der Waals surface area contributed by atoms with E-state index in [9.17, 15) is 14.4 Å². The van der Waals surface area contributed by atoms with E-state index in [-0.39, 0.29) is 0 Å². The van der Waals surface area contributed by atoms with Crippen LogP contribution in [0.2, 0.25) is 0 Å². The number of Topliss-reactive ketones (excluding diaryl/α,β-unsaturated/α-hetero) is 1. The molecule has 22 heavy (non-hydrogen) atoms. The molecule has 0 unspecified atom stereocenters. The monoisotopic (exact) mass is 322 g/mol. The second kappa shape index (κ2) is 8.12. The zero-order valence-electron chi connectivity index (χ0n) is 18.7. The Kier molecular flexibility index (Phi) is 4.75. The number of nitrogens with one attached hydrogen (secondary N) is 1. The van der Waals surface area contributed by atoms with E-state index in [0.717, 1.165) is 0 Å². The van der Waals surface area contributed by atoms with Gasteiger partial charge < -0.3 is 19.9 Å². The third-order valence-electron chi connectivity index (χ3n) is 1.70. The zero-order chi connectivity index (χ0) is 22.1. The molecule has 0 heterocycles. The average Bonchev–Trinajstić information content (AvgIpc) is 2.41. The van der Waals surface area contributed by atoms with Crippen LogP contribution in [0, 0.1) is 0 Å². The van der Waals surface area contributed by atoms with Crippen LogP contribution in [0.5, 0.6) is 0 Å². The Hall–Kier alpha value is -1.63. The maximum atomic E-state index is 12.5. The van der Waals surface area contributed by atoms with Gasteiger partial charge in [0.2, 0.25) is 0 Å². The molecule has 0 bridgehead atoms. The summed E-state index contributed by atoms with van der Waals surface area (Å²) in [7, 11) is 0. The van der Waals surface area contributed by atoms with Gasteiger partial charge in [0.1, 0.15) is 23.8 Å². The van der Waals surface area contributed by atoms with Gasteiger partial charge in [-0.2, -0.15) is 0 Å². The number of hydrogen-bond acceptors (Lipinski definition) is 6. The first-order valence-electron chi connectivity index (χ1n) is 9.10. The zero-order valence-corrected chi connectivity index (χ0v) is 13.7. The summed E-state index contributed by atoms with van der Waals surface area (Å²) in [5.41, 5.74) is -2.27. The lowest BCUT2D eigenvalue weighted by atomic mass is 10.1. The highest BCUT2D eigenvalue weighted by atomic mass is 16.6. The third kappa shape index (κ3) is 10.1. The Balaban J connectivity index is 6.23. The fourth-order valence-electron chi connectivity index (χ4n) is 1.04. The second-order valence-corrected chi connectivity index (χ2v) is 6.34. The smallest absolute Gasteiger partial charge is 0.408 e. The lowest BCUT2D eigenvalue weighted by molar-refractivity contribution is -0.157. The van der Waals surface area contributed by atoms with Gasteiger partial charge in [-0.1, -0.05) is 0 Å². The van der Waals surface area contributed by atoms with E-state index >= 15 is 0 Å². The van der Waals surface area contributed by atoms with Crippen LogP contribution in [0.15, 0.2) is 0 Å². The topological polar surface area (TPSA) is 102 Å². The van der Waals surface area contributed by atoms with Crippen molar-refractivity contribution in [3.63, 3.8) is 0 Å². The Labute approximate surface area is 138 Å². The molecule has 7 nitrogen and oxygen atoms in total. The van der Waals surface area contributed by atoms with Crippen molar-refractivity contribution in [1.82, 2.24) is 5.32 Å². The predicted molar refractivity (Wildman–Crippen MR) is 80.3 cm³/mol. The summed E-state index contributed by atoms with van der Waals surface area (Å²) in [4.78, 5) is 36.3. The maximum Gasteiger partial charge on any atom is 0.408 e. The summed E-state index contributed by atoms with van der Waals surface area (Å²) in [6, 6.07) is -3.39. The molecule has 0 spiro atoms. The van der Waals surface area contributed by atoms with Gasteiger partial charge in [-0.25, -0.2) is 9.59 Å². The largest absolute Gasteiger partial charge is 0.458 e. The van der Waals surface area contributed by atoms with E-state index in [4.69, 9.17) is 21.4 Å². The number of esters is 1. The molecule has 0 aromatic heterocycles. The van der Waals surface area contributed by atoms with E-state index < -0.39 is 54.4 Å². The van der Waals surface area contributed by atoms with Crippen molar-refractivity contribution in [2.24, 2.45) is 0 Å². The van der Waals surface area contributed by atoms with Crippen molar-refractivity contribution in [1.29, 1.82) is 0 Å². The second-order valence-electron chi connectivity index (χ2n) is 6.34. The number of amides is 1. The van der Waals surface area contributed by atoms with Gasteiger partial charge in [0.25, 0.3) is 0 Å². The molecule has 0 saturated heterocycles. The quantitative estimate of drug-likeness (QED) is 0.720. The van der Waals surface area contributed by atoms with Gasteiger partial charge in [0.05, 0.1) is 1.37 Å². The van der Waals surface area contributed by atoms with E-state index in [2.05, 4.69) is 0 Å². The van der Waals surface area contributed by atoms with E-state index in [1.165, 1.54) is 41.5 Å². The average molecular weight is 322 g/mol. The first-order valence-corrected chi connectivity index (χ1v) is 6.60. The molecule has 0 aromatic rings. The number of hydrogen-bond donors (Lipinski definition) is 2. The highest BCUT2D eigenvalue weighted by Crippen LogP contribution is 2.12. The van der Waals surface area contributed by atoms with Crippen LogP contribution in [0.25, 0.3) is 0 Å². The molecule has 7 heteroatoms. The molecule has 2 N–H and O–H groups in total. The van der Waals surface area contributed by atoms with Gasteiger partial charge in [-0.05, 0) is 47.9 Å². The molecule has 0 aromatic carbocycles. The molecule has 0 saturated carbocycles. The minimum absolute atomic E-state index is 1.06. The van der Waals surface area contributed by atoms with Gasteiger partial charge >= 0.3 is 12.1 Å². The van der Waals surface area contributed by atoms with E-state index in [1.54, 1.807) is 5.32 Å². The summed E-state index contributed by atoms with van der Waals surface area (Å²) in [5.74, 6) is -3.25. The molecule has 128 valence electrons. The van der Waals surface area contributed by atoms with Crippen LogP contribution in [0.1, 0.15) is 61.1 Å². The van der Waals surface area contributed by atoms with Crippen LogP contribution in [0.3, 0.4) is 0 Å². The number of ketones is 1. The van der Waals surface area contributed by atoms with E-state index in [1.807, 2.05) is 0 Å². The number of carbonyl (C=O) groups is 3. The molecule has 1 amide bonds. The molecular weight excluding hydrogens is 290 g/mol. The van der Waals surface area contributed by atoms with Crippen LogP contribution >= 0.6 is 0 Å². The number of aliphatic hydroxyl groups excluding tert-OH is 1. The first kappa shape index (κ1) is 12.9. The number of rotatable bonds is 6. The van der Waals surface area contributed by atoms with Crippen molar-refractivity contribution in [2.45, 2.75) is 71.5 Å². The van der Waals surface area contributed by atoms with Crippen LogP contribution in [0.4, 0.5) is 4.79 Å². The summed E-state index contributed by atoms with van der Waals surface area (Å²) >= 11 is 0. The molecule has 0 radical (unpaired) electrons. The number of ether oxygens (including phenoxy) is 2. The van der Waals surface area contributed by atoms with Crippen LogP contribution < -0.4 is 5.32 Å². The van der Waals surface area contributed by atoms with Gasteiger partial charge in [0.15, 0.2) is 5.78 Å². The third-order valence-corrected chi connectivity index (χ3v) is 1.70. The molecule has 0 aliphatic rings. The summed E-state index contributed by atoms with van der Waals surface area (Å²) in [6.07, 6.45) is -8.52. The predicted octanol–water partition coefficient (Wildman–Crippen LogP) is 1.56. The Morgan fingerprint density at radius 1 is 1.14 bits per heavy atom. The molecule has 0 rings (SSSR count). The van der Waals surface area contributed by atoms with Crippen molar-refractivity contribution >= 4 is 17.8 Å². The summed E-state index contributed by atoms with van der Waals surface area (Å²) < 4.78 is 49.5. The molecular formula is C15H27NO6. The first-order chi connectivity index (χ1) is 11.7. The van der Waals surface area contributed by atoms with E-state index in [0.29, 0.717) is 0 Å². The summed E-state index contributed by atoms with van der Waals surface area (Å²) in [5, 5.41) is 10.6. The fraction of sp³-hybridized carbons (Fsp3) is 0.800.